The minimum absolute atomic E-state index is 0.421. The Labute approximate surface area is 70.4 Å². The molecule has 0 radical (unpaired) electrons. The predicted molar refractivity (Wildman–Crippen MR) is 43.1 cm³/mol. The Hall–Kier alpha value is -0.990. The summed E-state index contributed by atoms with van der Waals surface area (Å²) in [4.78, 5) is 10.6. The molecule has 12 heavy (non-hydrogen) atoms. The highest BCUT2D eigenvalue weighted by atomic mass is 16.6. The first-order valence-corrected chi connectivity index (χ1v) is 4.45. The lowest BCUT2D eigenvalue weighted by molar-refractivity contribution is 0.337. The molecule has 0 aromatic carbocycles. The Morgan fingerprint density at radius 2 is 2.00 bits per heavy atom. The molecule has 1 heterocycles. The number of hydrogen-bond acceptors (Lipinski definition) is 3. The van der Waals surface area contributed by atoms with Crippen LogP contribution in [0.1, 0.15) is 43.8 Å². The Morgan fingerprint density at radius 1 is 1.25 bits per heavy atom. The van der Waals surface area contributed by atoms with Crippen molar-refractivity contribution in [2.45, 2.75) is 38.0 Å². The van der Waals surface area contributed by atoms with Gasteiger partial charge in [0.15, 0.2) is 0 Å². The zero-order valence-electron chi connectivity index (χ0n) is 6.91. The second-order valence-electron chi connectivity index (χ2n) is 3.33. The van der Waals surface area contributed by atoms with Crippen molar-refractivity contribution in [1.29, 1.82) is 0 Å². The summed E-state index contributed by atoms with van der Waals surface area (Å²) in [7, 11) is 0. The van der Waals surface area contributed by atoms with E-state index in [0.717, 1.165) is 18.6 Å². The highest BCUT2D eigenvalue weighted by Gasteiger charge is 2.19. The first kappa shape index (κ1) is 7.65. The van der Waals surface area contributed by atoms with Crippen LogP contribution in [0, 0.1) is 0 Å². The van der Waals surface area contributed by atoms with E-state index in [1.165, 1.54) is 25.5 Å². The molecule has 1 aromatic rings. The molecule has 0 saturated heterocycles. The van der Waals surface area contributed by atoms with Gasteiger partial charge >= 0.3 is 5.82 Å². The largest absolute Gasteiger partial charge is 0.518 e. The molecule has 3 nitrogen and oxygen atoms in total. The first-order valence-electron chi connectivity index (χ1n) is 4.45. The van der Waals surface area contributed by atoms with Crippen LogP contribution < -0.4 is 5.82 Å². The van der Waals surface area contributed by atoms with Gasteiger partial charge in [-0.1, -0.05) is 19.3 Å². The van der Waals surface area contributed by atoms with Gasteiger partial charge in [-0.3, -0.25) is 0 Å². The van der Waals surface area contributed by atoms with Crippen LogP contribution in [-0.4, -0.2) is 0 Å². The monoisotopic (exact) mass is 168 g/mol. The first-order chi connectivity index (χ1) is 5.86. The molecule has 0 aliphatic heterocycles. The molecule has 1 aliphatic carbocycles. The SMILES string of the molecule is O=c1occ(C2CCCCC2)o1. The molecule has 66 valence electrons. The lowest BCUT2D eigenvalue weighted by Gasteiger charge is -2.17. The summed E-state index contributed by atoms with van der Waals surface area (Å²) in [5, 5.41) is 0. The molecule has 0 N–H and O–H groups in total. The standard InChI is InChI=1S/C9H12O3/c10-9-11-6-8(12-9)7-4-2-1-3-5-7/h6-7H,1-5H2. The van der Waals surface area contributed by atoms with Crippen LogP contribution in [0.5, 0.6) is 0 Å². The van der Waals surface area contributed by atoms with Gasteiger partial charge in [-0.25, -0.2) is 4.79 Å². The molecular formula is C9H12O3. The summed E-state index contributed by atoms with van der Waals surface area (Å²) in [6, 6.07) is 0. The predicted octanol–water partition coefficient (Wildman–Crippen LogP) is 2.28. The zero-order chi connectivity index (χ0) is 8.39. The highest BCUT2D eigenvalue weighted by molar-refractivity contribution is 4.97. The zero-order valence-corrected chi connectivity index (χ0v) is 6.91. The average molecular weight is 168 g/mol. The molecule has 0 amide bonds. The van der Waals surface area contributed by atoms with Gasteiger partial charge in [0, 0.05) is 5.92 Å². The maximum absolute atomic E-state index is 10.6. The van der Waals surface area contributed by atoms with E-state index in [1.807, 2.05) is 0 Å². The second-order valence-corrected chi connectivity index (χ2v) is 3.33. The molecule has 0 unspecified atom stereocenters. The molecule has 1 aromatic heterocycles. The van der Waals surface area contributed by atoms with Gasteiger partial charge in [-0.05, 0) is 12.8 Å². The van der Waals surface area contributed by atoms with Gasteiger partial charge in [0.25, 0.3) is 0 Å². The third kappa shape index (κ3) is 1.44. The molecule has 1 aliphatic rings. The van der Waals surface area contributed by atoms with E-state index in [0.29, 0.717) is 5.92 Å². The molecule has 3 heteroatoms. The number of rotatable bonds is 1. The molecule has 1 fully saturated rings. The summed E-state index contributed by atoms with van der Waals surface area (Å²) >= 11 is 0. The number of hydrogen-bond donors (Lipinski definition) is 0. The molecular weight excluding hydrogens is 156 g/mol. The summed E-state index contributed by atoms with van der Waals surface area (Å²) in [5.41, 5.74) is 0. The third-order valence-corrected chi connectivity index (χ3v) is 2.48. The van der Waals surface area contributed by atoms with Crippen LogP contribution in [0.4, 0.5) is 0 Å². The molecule has 0 spiro atoms. The van der Waals surface area contributed by atoms with E-state index < -0.39 is 5.82 Å². The van der Waals surface area contributed by atoms with Crippen molar-refractivity contribution in [2.75, 3.05) is 0 Å². The summed E-state index contributed by atoms with van der Waals surface area (Å²) in [5.74, 6) is 0.584. The van der Waals surface area contributed by atoms with Crippen LogP contribution in [0.2, 0.25) is 0 Å². The Morgan fingerprint density at radius 3 is 2.58 bits per heavy atom. The molecule has 0 bridgehead atoms. The van der Waals surface area contributed by atoms with Gasteiger partial charge in [0.05, 0.1) is 0 Å². The fourth-order valence-electron chi connectivity index (χ4n) is 1.82. The highest BCUT2D eigenvalue weighted by Crippen LogP contribution is 2.31. The van der Waals surface area contributed by atoms with Crippen LogP contribution >= 0.6 is 0 Å². The lowest BCUT2D eigenvalue weighted by Crippen LogP contribution is -2.03. The molecule has 0 atom stereocenters. The summed E-state index contributed by atoms with van der Waals surface area (Å²) < 4.78 is 9.50. The van der Waals surface area contributed by atoms with Crippen molar-refractivity contribution in [2.24, 2.45) is 0 Å². The maximum atomic E-state index is 10.6. The topological polar surface area (TPSA) is 43.4 Å². The van der Waals surface area contributed by atoms with E-state index in [4.69, 9.17) is 4.42 Å². The van der Waals surface area contributed by atoms with Gasteiger partial charge < -0.3 is 8.83 Å². The molecule has 1 saturated carbocycles. The van der Waals surface area contributed by atoms with E-state index in [1.54, 1.807) is 0 Å². The Bertz CT molecular complexity index is 291. The van der Waals surface area contributed by atoms with Crippen molar-refractivity contribution in [3.63, 3.8) is 0 Å². The van der Waals surface area contributed by atoms with Crippen LogP contribution in [0.25, 0.3) is 0 Å². The van der Waals surface area contributed by atoms with Crippen molar-refractivity contribution in [1.82, 2.24) is 0 Å². The van der Waals surface area contributed by atoms with E-state index in [2.05, 4.69) is 4.42 Å². The summed E-state index contributed by atoms with van der Waals surface area (Å²) in [6.45, 7) is 0. The van der Waals surface area contributed by atoms with Gasteiger partial charge in [-0.15, -0.1) is 0 Å². The van der Waals surface area contributed by atoms with Gasteiger partial charge in [-0.2, -0.15) is 0 Å². The minimum Gasteiger partial charge on any atom is -0.399 e. The second kappa shape index (κ2) is 3.17. The van der Waals surface area contributed by atoms with Crippen molar-refractivity contribution in [3.05, 3.63) is 22.6 Å². The lowest BCUT2D eigenvalue weighted by atomic mass is 9.88. The fraction of sp³-hybridized carbons (Fsp3) is 0.667. The van der Waals surface area contributed by atoms with Crippen molar-refractivity contribution < 1.29 is 8.83 Å². The fourth-order valence-corrected chi connectivity index (χ4v) is 1.82. The maximum Gasteiger partial charge on any atom is 0.518 e. The van der Waals surface area contributed by atoms with Gasteiger partial charge in [0.1, 0.15) is 12.0 Å². The van der Waals surface area contributed by atoms with E-state index in [-0.39, 0.29) is 0 Å². The van der Waals surface area contributed by atoms with E-state index in [9.17, 15) is 4.79 Å². The van der Waals surface area contributed by atoms with Gasteiger partial charge in [0.2, 0.25) is 0 Å². The van der Waals surface area contributed by atoms with Crippen LogP contribution in [0.3, 0.4) is 0 Å². The minimum atomic E-state index is -0.574. The smallest absolute Gasteiger partial charge is 0.399 e. The Balaban J connectivity index is 2.13. The third-order valence-electron chi connectivity index (χ3n) is 2.48. The van der Waals surface area contributed by atoms with Crippen LogP contribution in [-0.2, 0) is 0 Å². The summed E-state index contributed by atoms with van der Waals surface area (Å²) in [6.07, 6.45) is 7.49. The average Bonchev–Trinajstić information content (AvgIpc) is 2.54. The Kier molecular flexibility index (Phi) is 2.02. The normalized spacial score (nSPS) is 19.7. The quantitative estimate of drug-likeness (QED) is 0.646. The van der Waals surface area contributed by atoms with Crippen LogP contribution in [0.15, 0.2) is 19.9 Å². The van der Waals surface area contributed by atoms with Crippen molar-refractivity contribution in [3.8, 4) is 0 Å². The van der Waals surface area contributed by atoms with E-state index >= 15 is 0 Å². The van der Waals surface area contributed by atoms with Crippen molar-refractivity contribution >= 4 is 0 Å². The molecule has 2 rings (SSSR count).